The number of para-hydroxylation sites is 2. The Hall–Kier alpha value is -4.04. The number of hydrogen-bond acceptors (Lipinski definition) is 6. The average Bonchev–Trinajstić information content (AvgIpc) is 3.36. The van der Waals surface area contributed by atoms with Crippen molar-refractivity contribution in [1.82, 2.24) is 19.7 Å². The van der Waals surface area contributed by atoms with E-state index in [4.69, 9.17) is 9.97 Å². The van der Waals surface area contributed by atoms with E-state index in [1.54, 1.807) is 11.9 Å². The van der Waals surface area contributed by atoms with Crippen LogP contribution in [0.2, 0.25) is 0 Å². The lowest BCUT2D eigenvalue weighted by atomic mass is 10.1. The molecule has 5 aromatic rings. The molecule has 0 saturated carbocycles. The molecule has 0 radical (unpaired) electrons. The van der Waals surface area contributed by atoms with Crippen LogP contribution < -0.4 is 15.4 Å². The molecule has 37 heavy (non-hydrogen) atoms. The molecule has 1 unspecified atom stereocenters. The molecule has 0 saturated heterocycles. The number of hydrogen-bond donors (Lipinski definition) is 3. The predicted molar refractivity (Wildman–Crippen MR) is 155 cm³/mol. The van der Waals surface area contributed by atoms with Crippen LogP contribution >= 0.6 is 11.9 Å². The first kappa shape index (κ1) is 24.6. The Morgan fingerprint density at radius 1 is 1.00 bits per heavy atom. The zero-order valence-corrected chi connectivity index (χ0v) is 22.0. The summed E-state index contributed by atoms with van der Waals surface area (Å²) in [5.74, 6) is 0.627. The van der Waals surface area contributed by atoms with Gasteiger partial charge in [-0.2, -0.15) is 0 Å². The maximum Gasteiger partial charge on any atom is 0.251 e. The Morgan fingerprint density at radius 2 is 1.73 bits per heavy atom. The van der Waals surface area contributed by atoms with Gasteiger partial charge in [0.2, 0.25) is 0 Å². The smallest absolute Gasteiger partial charge is 0.251 e. The van der Waals surface area contributed by atoms with Gasteiger partial charge in [0.25, 0.3) is 5.91 Å². The number of carbonyl (C=O) groups is 1. The van der Waals surface area contributed by atoms with Crippen LogP contribution in [0.3, 0.4) is 0 Å². The third-order valence-electron chi connectivity index (χ3n) is 6.24. The lowest BCUT2D eigenvalue weighted by Gasteiger charge is -2.13. The highest BCUT2D eigenvalue weighted by Gasteiger charge is 2.16. The summed E-state index contributed by atoms with van der Waals surface area (Å²) in [6.07, 6.45) is 5.85. The molecule has 1 amide bonds. The minimum Gasteiger partial charge on any atom is -0.350 e. The summed E-state index contributed by atoms with van der Waals surface area (Å²) in [4.78, 5) is 22.3. The molecule has 7 nitrogen and oxygen atoms in total. The Kier molecular flexibility index (Phi) is 7.28. The van der Waals surface area contributed by atoms with Gasteiger partial charge in [0.1, 0.15) is 0 Å². The summed E-state index contributed by atoms with van der Waals surface area (Å²) in [5, 5.41) is 6.51. The van der Waals surface area contributed by atoms with Crippen molar-refractivity contribution in [1.29, 1.82) is 0 Å². The van der Waals surface area contributed by atoms with Gasteiger partial charge in [-0.15, -0.1) is 0 Å². The molecule has 188 valence electrons. The largest absolute Gasteiger partial charge is 0.350 e. The first-order chi connectivity index (χ1) is 18.1. The van der Waals surface area contributed by atoms with Crippen LogP contribution in [0.1, 0.15) is 37.0 Å². The van der Waals surface area contributed by atoms with Crippen molar-refractivity contribution in [2.75, 3.05) is 16.3 Å². The Balaban J connectivity index is 1.51. The van der Waals surface area contributed by atoms with Crippen LogP contribution in [0, 0.1) is 0 Å². The van der Waals surface area contributed by atoms with E-state index in [9.17, 15) is 4.79 Å². The van der Waals surface area contributed by atoms with E-state index in [2.05, 4.69) is 26.7 Å². The van der Waals surface area contributed by atoms with E-state index in [1.165, 1.54) is 0 Å². The fourth-order valence-corrected chi connectivity index (χ4v) is 4.82. The SMILES string of the molecule is CCCC(C)NC(=O)c1ccc(-c2cnc3c(Nc4ccc(NSC)cc4)nc4ccccc4n23)cc1. The maximum absolute atomic E-state index is 12.6. The van der Waals surface area contributed by atoms with E-state index in [0.29, 0.717) is 11.4 Å². The van der Waals surface area contributed by atoms with Gasteiger partial charge < -0.3 is 15.4 Å². The molecule has 0 fully saturated rings. The number of anilines is 3. The van der Waals surface area contributed by atoms with Crippen molar-refractivity contribution in [3.63, 3.8) is 0 Å². The molecule has 0 aliphatic carbocycles. The highest BCUT2D eigenvalue weighted by molar-refractivity contribution is 7.99. The number of nitrogens with zero attached hydrogens (tertiary/aromatic N) is 3. The van der Waals surface area contributed by atoms with Gasteiger partial charge in [-0.3, -0.25) is 9.20 Å². The summed E-state index contributed by atoms with van der Waals surface area (Å²) < 4.78 is 5.35. The third kappa shape index (κ3) is 5.24. The molecule has 0 aliphatic rings. The topological polar surface area (TPSA) is 83.3 Å². The van der Waals surface area contributed by atoms with Gasteiger partial charge in [0.05, 0.1) is 22.9 Å². The van der Waals surface area contributed by atoms with Crippen LogP contribution in [-0.2, 0) is 0 Å². The van der Waals surface area contributed by atoms with E-state index in [0.717, 1.165) is 52.2 Å². The van der Waals surface area contributed by atoms with Crippen LogP contribution in [0.25, 0.3) is 27.9 Å². The lowest BCUT2D eigenvalue weighted by molar-refractivity contribution is 0.0938. The second kappa shape index (κ2) is 10.9. The summed E-state index contributed by atoms with van der Waals surface area (Å²) in [6.45, 7) is 4.15. The summed E-state index contributed by atoms with van der Waals surface area (Å²) >= 11 is 1.56. The quantitative estimate of drug-likeness (QED) is 0.187. The van der Waals surface area contributed by atoms with E-state index in [1.807, 2.05) is 92.2 Å². The Labute approximate surface area is 220 Å². The van der Waals surface area contributed by atoms with Gasteiger partial charge in [-0.05, 0) is 61.9 Å². The summed E-state index contributed by atoms with van der Waals surface area (Å²) in [6, 6.07) is 23.9. The Morgan fingerprint density at radius 3 is 2.46 bits per heavy atom. The molecule has 3 aromatic carbocycles. The van der Waals surface area contributed by atoms with Crippen molar-refractivity contribution in [3.05, 3.63) is 84.6 Å². The standard InChI is InChI=1S/C29H30N6OS/c1-4-7-19(2)31-29(36)21-12-10-20(11-13-21)26-18-30-28-27(32-22-14-16-23(17-15-22)34-37-3)33-24-8-5-6-9-25(24)35(26)28/h5-6,8-19,34H,4,7H2,1-3H3,(H,31,36)(H,32,33). The van der Waals surface area contributed by atoms with Crippen LogP contribution in [0.15, 0.2) is 79.0 Å². The fourth-order valence-electron chi connectivity index (χ4n) is 4.45. The molecule has 5 rings (SSSR count). The molecule has 0 spiro atoms. The van der Waals surface area contributed by atoms with Crippen LogP contribution in [0.5, 0.6) is 0 Å². The van der Waals surface area contributed by atoms with E-state index >= 15 is 0 Å². The van der Waals surface area contributed by atoms with Crippen molar-refractivity contribution in [2.24, 2.45) is 0 Å². The van der Waals surface area contributed by atoms with Crippen molar-refractivity contribution < 1.29 is 4.79 Å². The number of imidazole rings is 1. The molecule has 0 bridgehead atoms. The third-order valence-corrected chi connectivity index (χ3v) is 6.68. The van der Waals surface area contributed by atoms with E-state index in [-0.39, 0.29) is 11.9 Å². The van der Waals surface area contributed by atoms with Gasteiger partial charge in [-0.25, -0.2) is 9.97 Å². The molecule has 1 atom stereocenters. The zero-order chi connectivity index (χ0) is 25.8. The fraction of sp³-hybridized carbons (Fsp3) is 0.207. The number of fused-ring (bicyclic) bond motifs is 3. The van der Waals surface area contributed by atoms with Crippen LogP contribution in [0.4, 0.5) is 17.2 Å². The molecule has 2 heterocycles. The number of rotatable bonds is 9. The van der Waals surface area contributed by atoms with Crippen molar-refractivity contribution in [3.8, 4) is 11.3 Å². The first-order valence-electron chi connectivity index (χ1n) is 12.4. The number of aromatic nitrogens is 3. The second-order valence-electron chi connectivity index (χ2n) is 9.00. The van der Waals surface area contributed by atoms with Gasteiger partial charge in [0, 0.05) is 34.8 Å². The average molecular weight is 511 g/mol. The van der Waals surface area contributed by atoms with Gasteiger partial charge >= 0.3 is 0 Å². The van der Waals surface area contributed by atoms with Gasteiger partial charge in [-0.1, -0.05) is 49.6 Å². The molecule has 3 N–H and O–H groups in total. The first-order valence-corrected chi connectivity index (χ1v) is 13.6. The van der Waals surface area contributed by atoms with Crippen molar-refractivity contribution >= 4 is 51.7 Å². The summed E-state index contributed by atoms with van der Waals surface area (Å²) in [5.41, 5.74) is 7.07. The second-order valence-corrected chi connectivity index (χ2v) is 9.61. The molecule has 0 aliphatic heterocycles. The minimum absolute atomic E-state index is 0.0504. The number of carbonyl (C=O) groups excluding carboxylic acids is 1. The molecule has 8 heteroatoms. The highest BCUT2D eigenvalue weighted by atomic mass is 32.2. The molecule has 2 aromatic heterocycles. The number of nitrogens with one attached hydrogen (secondary N) is 3. The zero-order valence-electron chi connectivity index (χ0n) is 21.2. The molecular formula is C29H30N6OS. The predicted octanol–water partition coefficient (Wildman–Crippen LogP) is 6.90. The van der Waals surface area contributed by atoms with Crippen molar-refractivity contribution in [2.45, 2.75) is 32.7 Å². The summed E-state index contributed by atoms with van der Waals surface area (Å²) in [7, 11) is 0. The minimum atomic E-state index is -0.0504. The lowest BCUT2D eigenvalue weighted by Crippen LogP contribution is -2.32. The maximum atomic E-state index is 12.6. The van der Waals surface area contributed by atoms with Gasteiger partial charge in [0.15, 0.2) is 11.5 Å². The highest BCUT2D eigenvalue weighted by Crippen LogP contribution is 2.30. The molecular weight excluding hydrogens is 480 g/mol. The van der Waals surface area contributed by atoms with Crippen LogP contribution in [-0.4, -0.2) is 32.6 Å². The number of benzene rings is 3. The monoisotopic (exact) mass is 510 g/mol. The van der Waals surface area contributed by atoms with E-state index < -0.39 is 0 Å². The number of amides is 1. The Bertz CT molecular complexity index is 1530. The normalized spacial score (nSPS) is 12.0.